The fraction of sp³-hybridized carbons (Fsp3) is 0.533. The number of carbonyl (C=O) groups is 1. The second-order valence-corrected chi connectivity index (χ2v) is 6.07. The molecule has 18 heavy (non-hydrogen) atoms. The maximum atomic E-state index is 12.0. The molecule has 1 saturated carbocycles. The third-order valence-electron chi connectivity index (χ3n) is 3.64. The molecule has 1 aromatic rings. The molecule has 0 saturated heterocycles. The monoisotopic (exact) mass is 309 g/mol. The number of rotatable bonds is 3. The fourth-order valence-corrected chi connectivity index (χ4v) is 2.83. The van der Waals surface area contributed by atoms with Crippen LogP contribution in [-0.2, 0) is 4.79 Å². The Morgan fingerprint density at radius 2 is 2.06 bits per heavy atom. The molecule has 1 amide bonds. The van der Waals surface area contributed by atoms with Gasteiger partial charge in [-0.15, -0.1) is 0 Å². The van der Waals surface area contributed by atoms with Gasteiger partial charge in [0, 0.05) is 16.6 Å². The number of anilines is 1. The Labute approximate surface area is 117 Å². The SMILES string of the molecule is Cc1cc(NC(=O)CC2CCCCC2)ccc1Br. The van der Waals surface area contributed by atoms with E-state index >= 15 is 0 Å². The first-order chi connectivity index (χ1) is 8.65. The van der Waals surface area contributed by atoms with Gasteiger partial charge >= 0.3 is 0 Å². The Hall–Kier alpha value is -0.830. The highest BCUT2D eigenvalue weighted by Crippen LogP contribution is 2.27. The Bertz CT molecular complexity index is 425. The van der Waals surface area contributed by atoms with Gasteiger partial charge < -0.3 is 5.32 Å². The van der Waals surface area contributed by atoms with E-state index in [4.69, 9.17) is 0 Å². The Morgan fingerprint density at radius 1 is 1.33 bits per heavy atom. The number of aryl methyl sites for hydroxylation is 1. The van der Waals surface area contributed by atoms with Crippen molar-refractivity contribution in [2.75, 3.05) is 5.32 Å². The fourth-order valence-electron chi connectivity index (χ4n) is 2.59. The van der Waals surface area contributed by atoms with E-state index in [1.165, 1.54) is 32.1 Å². The van der Waals surface area contributed by atoms with Crippen molar-refractivity contribution in [3.05, 3.63) is 28.2 Å². The van der Waals surface area contributed by atoms with Crippen LogP contribution in [0.15, 0.2) is 22.7 Å². The van der Waals surface area contributed by atoms with Crippen LogP contribution in [-0.4, -0.2) is 5.91 Å². The standard InChI is InChI=1S/C15H20BrNO/c1-11-9-13(7-8-14(11)16)17-15(18)10-12-5-3-2-4-6-12/h7-9,12H,2-6,10H2,1H3,(H,17,18). The van der Waals surface area contributed by atoms with E-state index in [1.807, 2.05) is 25.1 Å². The molecule has 0 atom stereocenters. The van der Waals surface area contributed by atoms with E-state index in [1.54, 1.807) is 0 Å². The first kappa shape index (κ1) is 13.6. The first-order valence-electron chi connectivity index (χ1n) is 6.71. The van der Waals surface area contributed by atoms with Gasteiger partial charge in [0.1, 0.15) is 0 Å². The summed E-state index contributed by atoms with van der Waals surface area (Å²) in [6.07, 6.45) is 7.02. The van der Waals surface area contributed by atoms with Gasteiger partial charge in [-0.25, -0.2) is 0 Å². The minimum absolute atomic E-state index is 0.156. The van der Waals surface area contributed by atoms with Crippen molar-refractivity contribution in [3.63, 3.8) is 0 Å². The van der Waals surface area contributed by atoms with Crippen LogP contribution < -0.4 is 5.32 Å². The summed E-state index contributed by atoms with van der Waals surface area (Å²) in [5.74, 6) is 0.749. The summed E-state index contributed by atoms with van der Waals surface area (Å²) < 4.78 is 1.08. The minimum Gasteiger partial charge on any atom is -0.326 e. The predicted octanol–water partition coefficient (Wildman–Crippen LogP) is 4.67. The van der Waals surface area contributed by atoms with Crippen LogP contribution >= 0.6 is 15.9 Å². The molecule has 1 aliphatic rings. The summed E-state index contributed by atoms with van der Waals surface area (Å²) in [5, 5.41) is 3.00. The zero-order valence-electron chi connectivity index (χ0n) is 10.8. The van der Waals surface area contributed by atoms with Crippen LogP contribution in [0.3, 0.4) is 0 Å². The number of hydrogen-bond acceptors (Lipinski definition) is 1. The summed E-state index contributed by atoms with van der Waals surface area (Å²) in [6, 6.07) is 5.92. The second kappa shape index (κ2) is 6.37. The van der Waals surface area contributed by atoms with Crippen LogP contribution in [0.25, 0.3) is 0 Å². The number of halogens is 1. The van der Waals surface area contributed by atoms with Gasteiger partial charge in [-0.05, 0) is 49.4 Å². The third kappa shape index (κ3) is 3.84. The van der Waals surface area contributed by atoms with Gasteiger partial charge in [0.15, 0.2) is 0 Å². The molecule has 1 fully saturated rings. The maximum Gasteiger partial charge on any atom is 0.224 e. The normalized spacial score (nSPS) is 16.6. The predicted molar refractivity (Wildman–Crippen MR) is 78.7 cm³/mol. The van der Waals surface area contributed by atoms with E-state index in [0.29, 0.717) is 12.3 Å². The van der Waals surface area contributed by atoms with Gasteiger partial charge in [-0.3, -0.25) is 4.79 Å². The van der Waals surface area contributed by atoms with Gasteiger partial charge in [-0.1, -0.05) is 35.2 Å². The van der Waals surface area contributed by atoms with Crippen molar-refractivity contribution in [1.29, 1.82) is 0 Å². The highest BCUT2D eigenvalue weighted by atomic mass is 79.9. The number of amides is 1. The molecule has 0 aliphatic heterocycles. The molecule has 3 heteroatoms. The van der Waals surface area contributed by atoms with E-state index in [9.17, 15) is 4.79 Å². The van der Waals surface area contributed by atoms with Crippen molar-refractivity contribution in [2.45, 2.75) is 45.4 Å². The Balaban J connectivity index is 1.88. The van der Waals surface area contributed by atoms with Crippen molar-refractivity contribution < 1.29 is 4.79 Å². The molecule has 0 unspecified atom stereocenters. The van der Waals surface area contributed by atoms with Gasteiger partial charge in [0.2, 0.25) is 5.91 Å². The number of hydrogen-bond donors (Lipinski definition) is 1. The molecule has 0 bridgehead atoms. The van der Waals surface area contributed by atoms with Crippen LogP contribution in [0, 0.1) is 12.8 Å². The summed E-state index contributed by atoms with van der Waals surface area (Å²) in [5.41, 5.74) is 2.04. The lowest BCUT2D eigenvalue weighted by atomic mass is 9.87. The minimum atomic E-state index is 0.156. The molecule has 0 aromatic heterocycles. The topological polar surface area (TPSA) is 29.1 Å². The van der Waals surface area contributed by atoms with E-state index < -0.39 is 0 Å². The average Bonchev–Trinajstić information content (AvgIpc) is 2.35. The molecule has 1 N–H and O–H groups in total. The Morgan fingerprint density at radius 3 is 2.72 bits per heavy atom. The largest absolute Gasteiger partial charge is 0.326 e. The number of nitrogens with one attached hydrogen (secondary N) is 1. The van der Waals surface area contributed by atoms with Crippen LogP contribution in [0.5, 0.6) is 0 Å². The summed E-state index contributed by atoms with van der Waals surface area (Å²) >= 11 is 3.46. The van der Waals surface area contributed by atoms with Crippen molar-refractivity contribution in [3.8, 4) is 0 Å². The first-order valence-corrected chi connectivity index (χ1v) is 7.50. The molecule has 0 heterocycles. The van der Waals surface area contributed by atoms with Crippen molar-refractivity contribution >= 4 is 27.5 Å². The van der Waals surface area contributed by atoms with Crippen LogP contribution in [0.1, 0.15) is 44.1 Å². The number of carbonyl (C=O) groups excluding carboxylic acids is 1. The molecule has 1 aliphatic carbocycles. The summed E-state index contributed by atoms with van der Waals surface area (Å²) in [7, 11) is 0. The van der Waals surface area contributed by atoms with E-state index in [2.05, 4.69) is 21.2 Å². The molecule has 1 aromatic carbocycles. The molecule has 0 radical (unpaired) electrons. The van der Waals surface area contributed by atoms with Crippen LogP contribution in [0.4, 0.5) is 5.69 Å². The lowest BCUT2D eigenvalue weighted by Crippen LogP contribution is -2.18. The molecule has 2 nitrogen and oxygen atoms in total. The van der Waals surface area contributed by atoms with Gasteiger partial charge in [-0.2, -0.15) is 0 Å². The lowest BCUT2D eigenvalue weighted by Gasteiger charge is -2.20. The lowest BCUT2D eigenvalue weighted by molar-refractivity contribution is -0.117. The molecular formula is C15H20BrNO. The zero-order valence-corrected chi connectivity index (χ0v) is 12.4. The van der Waals surface area contributed by atoms with Crippen LogP contribution in [0.2, 0.25) is 0 Å². The van der Waals surface area contributed by atoms with Gasteiger partial charge in [0.25, 0.3) is 0 Å². The quantitative estimate of drug-likeness (QED) is 0.864. The molecule has 98 valence electrons. The summed E-state index contributed by atoms with van der Waals surface area (Å²) in [4.78, 5) is 12.0. The summed E-state index contributed by atoms with van der Waals surface area (Å²) in [6.45, 7) is 2.03. The van der Waals surface area contributed by atoms with Gasteiger partial charge in [0.05, 0.1) is 0 Å². The second-order valence-electron chi connectivity index (χ2n) is 5.22. The zero-order chi connectivity index (χ0) is 13.0. The van der Waals surface area contributed by atoms with Crippen molar-refractivity contribution in [2.24, 2.45) is 5.92 Å². The van der Waals surface area contributed by atoms with Crippen molar-refractivity contribution in [1.82, 2.24) is 0 Å². The number of benzene rings is 1. The maximum absolute atomic E-state index is 12.0. The van der Waals surface area contributed by atoms with E-state index in [0.717, 1.165) is 15.7 Å². The molecule has 0 spiro atoms. The highest BCUT2D eigenvalue weighted by Gasteiger charge is 2.17. The average molecular weight is 310 g/mol. The molecule has 2 rings (SSSR count). The smallest absolute Gasteiger partial charge is 0.224 e. The Kier molecular flexibility index (Phi) is 4.81. The van der Waals surface area contributed by atoms with E-state index in [-0.39, 0.29) is 5.91 Å². The molecular weight excluding hydrogens is 290 g/mol. The highest BCUT2D eigenvalue weighted by molar-refractivity contribution is 9.10. The third-order valence-corrected chi connectivity index (χ3v) is 4.53.